The van der Waals surface area contributed by atoms with Gasteiger partial charge in [0.1, 0.15) is 17.6 Å². The van der Waals surface area contributed by atoms with Crippen molar-refractivity contribution in [3.05, 3.63) is 65.2 Å². The van der Waals surface area contributed by atoms with E-state index in [2.05, 4.69) is 29.8 Å². The zero-order chi connectivity index (χ0) is 22.8. The summed E-state index contributed by atoms with van der Waals surface area (Å²) >= 11 is 1.39. The number of imidazole rings is 1. The van der Waals surface area contributed by atoms with E-state index in [4.69, 9.17) is 9.40 Å². The molecule has 0 bridgehead atoms. The van der Waals surface area contributed by atoms with Crippen molar-refractivity contribution in [3.8, 4) is 6.07 Å². The van der Waals surface area contributed by atoms with Gasteiger partial charge in [-0.15, -0.1) is 0 Å². The number of nitrogens with one attached hydrogen (secondary N) is 1. The maximum atomic E-state index is 12.9. The van der Waals surface area contributed by atoms with E-state index in [0.717, 1.165) is 33.2 Å². The van der Waals surface area contributed by atoms with Crippen LogP contribution in [0.5, 0.6) is 0 Å². The summed E-state index contributed by atoms with van der Waals surface area (Å²) < 4.78 is 9.53. The molecule has 0 saturated heterocycles. The normalized spacial score (nSPS) is 11.2. The molecule has 0 aliphatic carbocycles. The number of benzene rings is 1. The average Bonchev–Trinajstić information content (AvgIpc) is 3.46. The van der Waals surface area contributed by atoms with Gasteiger partial charge in [-0.25, -0.2) is 4.98 Å². The largest absolute Gasteiger partial charge is 0.467 e. The molecule has 0 fully saturated rings. The van der Waals surface area contributed by atoms with Crippen LogP contribution in [0.4, 0.5) is 5.82 Å². The summed E-state index contributed by atoms with van der Waals surface area (Å²) in [6.07, 6.45) is 1.61. The first-order valence-electron chi connectivity index (χ1n) is 10.4. The molecule has 164 valence electrons. The molecule has 3 heterocycles. The predicted octanol–water partition coefficient (Wildman–Crippen LogP) is 5.28. The van der Waals surface area contributed by atoms with Crippen molar-refractivity contribution in [1.82, 2.24) is 14.1 Å². The van der Waals surface area contributed by atoms with Gasteiger partial charge in [-0.1, -0.05) is 23.9 Å². The Morgan fingerprint density at radius 3 is 2.72 bits per heavy atom. The molecular weight excluding hydrogens is 422 g/mol. The van der Waals surface area contributed by atoms with Crippen LogP contribution in [0.3, 0.4) is 0 Å². The van der Waals surface area contributed by atoms with Crippen LogP contribution in [0, 0.1) is 25.2 Å². The minimum Gasteiger partial charge on any atom is -0.467 e. The summed E-state index contributed by atoms with van der Waals surface area (Å²) in [5.74, 6) is 1.25. The third kappa shape index (κ3) is 4.04. The lowest BCUT2D eigenvalue weighted by molar-refractivity contribution is -0.113. The second-order valence-corrected chi connectivity index (χ2v) is 8.84. The number of amides is 1. The number of aromatic nitrogens is 3. The van der Waals surface area contributed by atoms with Crippen LogP contribution in [0.1, 0.15) is 42.5 Å². The molecular formula is C24H25N5O2S. The fourth-order valence-electron chi connectivity index (χ4n) is 3.81. The standard InChI is InChI=1S/C24H25N5O2S/c1-15(2)29-21-10-6-5-9-20(21)26-24(29)32-14-22(30)27-23-19(12-25)16(3)17(4)28(23)13-18-8-7-11-31-18/h5-11,15H,13-14H2,1-4H3,(H,27,30). The molecule has 0 aliphatic heterocycles. The van der Waals surface area contributed by atoms with Crippen molar-refractivity contribution in [2.45, 2.75) is 45.4 Å². The van der Waals surface area contributed by atoms with E-state index < -0.39 is 0 Å². The molecule has 1 N–H and O–H groups in total. The van der Waals surface area contributed by atoms with Gasteiger partial charge >= 0.3 is 0 Å². The highest BCUT2D eigenvalue weighted by Gasteiger charge is 2.21. The summed E-state index contributed by atoms with van der Waals surface area (Å²) in [6.45, 7) is 8.47. The molecule has 1 amide bonds. The summed E-state index contributed by atoms with van der Waals surface area (Å²) in [6, 6.07) is 14.1. The molecule has 4 aromatic rings. The first kappa shape index (κ1) is 21.8. The Morgan fingerprint density at radius 1 is 1.25 bits per heavy atom. The van der Waals surface area contributed by atoms with Crippen molar-refractivity contribution < 1.29 is 9.21 Å². The molecule has 3 aromatic heterocycles. The van der Waals surface area contributed by atoms with Crippen LogP contribution in [0.2, 0.25) is 0 Å². The number of hydrogen-bond donors (Lipinski definition) is 1. The molecule has 4 rings (SSSR count). The molecule has 32 heavy (non-hydrogen) atoms. The van der Waals surface area contributed by atoms with Crippen LogP contribution >= 0.6 is 11.8 Å². The van der Waals surface area contributed by atoms with Crippen molar-refractivity contribution in [2.24, 2.45) is 0 Å². The van der Waals surface area contributed by atoms with Crippen LogP contribution < -0.4 is 5.32 Å². The Hall–Kier alpha value is -3.44. The predicted molar refractivity (Wildman–Crippen MR) is 126 cm³/mol. The molecule has 0 aliphatic rings. The van der Waals surface area contributed by atoms with E-state index in [-0.39, 0.29) is 17.7 Å². The topological polar surface area (TPSA) is 88.8 Å². The number of nitrogens with zero attached hydrogens (tertiary/aromatic N) is 4. The minimum absolute atomic E-state index is 0.185. The second kappa shape index (κ2) is 8.97. The summed E-state index contributed by atoms with van der Waals surface area (Å²) in [4.78, 5) is 17.6. The number of rotatable bonds is 7. The summed E-state index contributed by atoms with van der Waals surface area (Å²) in [5, 5.41) is 13.5. The first-order valence-corrected chi connectivity index (χ1v) is 11.4. The lowest BCUT2D eigenvalue weighted by atomic mass is 10.2. The number of furan rings is 1. The monoisotopic (exact) mass is 447 g/mol. The van der Waals surface area contributed by atoms with Gasteiger partial charge in [-0.2, -0.15) is 5.26 Å². The highest BCUT2D eigenvalue weighted by Crippen LogP contribution is 2.30. The maximum Gasteiger partial charge on any atom is 0.235 e. The number of anilines is 1. The van der Waals surface area contributed by atoms with E-state index in [1.54, 1.807) is 6.26 Å². The summed E-state index contributed by atoms with van der Waals surface area (Å²) in [7, 11) is 0. The van der Waals surface area contributed by atoms with E-state index >= 15 is 0 Å². The molecule has 1 aromatic carbocycles. The van der Waals surface area contributed by atoms with Gasteiger partial charge in [0.15, 0.2) is 5.16 Å². The Labute approximate surface area is 191 Å². The maximum absolute atomic E-state index is 12.9. The molecule has 0 spiro atoms. The van der Waals surface area contributed by atoms with Crippen molar-refractivity contribution in [3.63, 3.8) is 0 Å². The highest BCUT2D eigenvalue weighted by molar-refractivity contribution is 7.99. The van der Waals surface area contributed by atoms with Crippen molar-refractivity contribution in [2.75, 3.05) is 11.1 Å². The van der Waals surface area contributed by atoms with Crippen LogP contribution in [-0.4, -0.2) is 25.8 Å². The fraction of sp³-hybridized carbons (Fsp3) is 0.292. The number of nitriles is 1. The van der Waals surface area contributed by atoms with E-state index in [9.17, 15) is 10.1 Å². The fourth-order valence-corrected chi connectivity index (χ4v) is 4.75. The smallest absolute Gasteiger partial charge is 0.235 e. The minimum atomic E-state index is -0.188. The number of para-hydroxylation sites is 2. The summed E-state index contributed by atoms with van der Waals surface area (Å²) in [5.41, 5.74) is 4.21. The molecule has 7 nitrogen and oxygen atoms in total. The second-order valence-electron chi connectivity index (χ2n) is 7.90. The van der Waals surface area contributed by atoms with Gasteiger partial charge in [0.25, 0.3) is 0 Å². The SMILES string of the molecule is Cc1c(C#N)c(NC(=O)CSc2nc3ccccc3n2C(C)C)n(Cc2ccco2)c1C. The van der Waals surface area contributed by atoms with Crippen molar-refractivity contribution >= 4 is 34.5 Å². The third-order valence-corrected chi connectivity index (χ3v) is 6.46. The number of thioether (sulfide) groups is 1. The third-order valence-electron chi connectivity index (χ3n) is 5.51. The zero-order valence-corrected chi connectivity index (χ0v) is 19.4. The Bertz CT molecular complexity index is 1310. The Balaban J connectivity index is 1.57. The van der Waals surface area contributed by atoms with Crippen molar-refractivity contribution in [1.29, 1.82) is 5.26 Å². The van der Waals surface area contributed by atoms with Gasteiger partial charge < -0.3 is 18.9 Å². The molecule has 8 heteroatoms. The molecule has 0 radical (unpaired) electrons. The molecule has 0 atom stereocenters. The number of hydrogen-bond acceptors (Lipinski definition) is 5. The molecule has 0 unspecified atom stereocenters. The van der Waals surface area contributed by atoms with Crippen LogP contribution in [-0.2, 0) is 11.3 Å². The van der Waals surface area contributed by atoms with Crippen LogP contribution in [0.15, 0.2) is 52.2 Å². The Morgan fingerprint density at radius 2 is 2.03 bits per heavy atom. The van der Waals surface area contributed by atoms with Crippen LogP contribution in [0.25, 0.3) is 11.0 Å². The van der Waals surface area contributed by atoms with E-state index in [1.165, 1.54) is 11.8 Å². The van der Waals surface area contributed by atoms with Gasteiger partial charge in [0.2, 0.25) is 5.91 Å². The van der Waals surface area contributed by atoms with Gasteiger partial charge in [-0.05, 0) is 57.5 Å². The highest BCUT2D eigenvalue weighted by atomic mass is 32.2. The van der Waals surface area contributed by atoms with Gasteiger partial charge in [0, 0.05) is 11.7 Å². The first-order chi connectivity index (χ1) is 15.4. The number of carbonyl (C=O) groups is 1. The average molecular weight is 448 g/mol. The van der Waals surface area contributed by atoms with E-state index in [1.807, 2.05) is 54.8 Å². The van der Waals surface area contributed by atoms with Gasteiger partial charge in [0.05, 0.1) is 35.2 Å². The lowest BCUT2D eigenvalue weighted by Gasteiger charge is -2.13. The number of fused-ring (bicyclic) bond motifs is 1. The number of carbonyl (C=O) groups excluding carboxylic acids is 1. The lowest BCUT2D eigenvalue weighted by Crippen LogP contribution is -2.19. The Kier molecular flexibility index (Phi) is 6.10. The van der Waals surface area contributed by atoms with Gasteiger partial charge in [-0.3, -0.25) is 4.79 Å². The van der Waals surface area contributed by atoms with E-state index in [0.29, 0.717) is 17.9 Å². The zero-order valence-electron chi connectivity index (χ0n) is 18.5. The quantitative estimate of drug-likeness (QED) is 0.389. The molecule has 0 saturated carbocycles.